The molecule has 1 unspecified atom stereocenters. The number of hydrogen-bond donors (Lipinski definition) is 3. The largest absolute Gasteiger partial charge is 0.361 e. The number of nitrogens with zero attached hydrogens (tertiary/aromatic N) is 2. The summed E-state index contributed by atoms with van der Waals surface area (Å²) < 4.78 is 0. The molecule has 0 radical (unpaired) electrons. The van der Waals surface area contributed by atoms with Crippen LogP contribution in [0.3, 0.4) is 0 Å². The molecule has 0 aliphatic carbocycles. The minimum atomic E-state index is -0.642. The zero-order chi connectivity index (χ0) is 26.5. The van der Waals surface area contributed by atoms with Crippen LogP contribution in [0.5, 0.6) is 0 Å². The molecule has 8 heteroatoms. The smallest absolute Gasteiger partial charge is 0.245 e. The zero-order valence-electron chi connectivity index (χ0n) is 22.7. The topological polar surface area (TPSA) is 97.5 Å². The predicted octanol–water partition coefficient (Wildman–Crippen LogP) is 2.79. The van der Waals surface area contributed by atoms with Crippen molar-refractivity contribution in [3.05, 3.63) is 36.0 Å². The summed E-state index contributed by atoms with van der Waals surface area (Å²) in [6, 6.07) is 7.32. The zero-order valence-corrected chi connectivity index (χ0v) is 22.7. The van der Waals surface area contributed by atoms with Gasteiger partial charge in [-0.1, -0.05) is 45.9 Å². The van der Waals surface area contributed by atoms with E-state index in [0.29, 0.717) is 38.9 Å². The number of rotatable bonds is 10. The maximum atomic E-state index is 13.6. The minimum Gasteiger partial charge on any atom is -0.361 e. The van der Waals surface area contributed by atoms with Crippen LogP contribution in [0.15, 0.2) is 30.5 Å². The summed E-state index contributed by atoms with van der Waals surface area (Å²) in [5.41, 5.74) is 2.00. The van der Waals surface area contributed by atoms with E-state index in [1.807, 2.05) is 58.4 Å². The van der Waals surface area contributed by atoms with E-state index in [4.69, 9.17) is 0 Å². The molecule has 1 aliphatic heterocycles. The molecule has 36 heavy (non-hydrogen) atoms. The summed E-state index contributed by atoms with van der Waals surface area (Å²) in [4.78, 5) is 46.1. The average molecular weight is 498 g/mol. The van der Waals surface area contributed by atoms with E-state index in [0.717, 1.165) is 23.0 Å². The van der Waals surface area contributed by atoms with Gasteiger partial charge in [-0.3, -0.25) is 14.4 Å². The Kier molecular flexibility index (Phi) is 9.17. The van der Waals surface area contributed by atoms with Crippen LogP contribution in [0.4, 0.5) is 0 Å². The molecule has 3 rings (SSSR count). The van der Waals surface area contributed by atoms with Crippen LogP contribution >= 0.6 is 0 Å². The molecule has 1 aliphatic rings. The Balaban J connectivity index is 1.61. The van der Waals surface area contributed by atoms with Gasteiger partial charge in [-0.2, -0.15) is 0 Å². The van der Waals surface area contributed by atoms with Crippen LogP contribution in [0.25, 0.3) is 10.9 Å². The average Bonchev–Trinajstić information content (AvgIpc) is 3.23. The Morgan fingerprint density at radius 1 is 1.14 bits per heavy atom. The lowest BCUT2D eigenvalue weighted by atomic mass is 9.91. The van der Waals surface area contributed by atoms with Crippen LogP contribution in [-0.2, 0) is 20.8 Å². The Labute approximate surface area is 215 Å². The third kappa shape index (κ3) is 7.32. The van der Waals surface area contributed by atoms with Crippen LogP contribution < -0.4 is 10.6 Å². The molecular formula is C28H43N5O3. The molecule has 1 atom stereocenters. The van der Waals surface area contributed by atoms with Crippen molar-refractivity contribution >= 4 is 28.6 Å². The highest BCUT2D eigenvalue weighted by atomic mass is 16.2. The number of likely N-dealkylation sites (tertiary alicyclic amines) is 1. The predicted molar refractivity (Wildman–Crippen MR) is 143 cm³/mol. The van der Waals surface area contributed by atoms with Gasteiger partial charge in [-0.25, -0.2) is 0 Å². The summed E-state index contributed by atoms with van der Waals surface area (Å²) in [5, 5.41) is 7.15. The Morgan fingerprint density at radius 3 is 2.44 bits per heavy atom. The van der Waals surface area contributed by atoms with Crippen molar-refractivity contribution in [2.45, 2.75) is 53.0 Å². The molecular weight excluding hydrogens is 454 g/mol. The number of amides is 3. The first-order valence-electron chi connectivity index (χ1n) is 13.0. The molecule has 0 saturated carbocycles. The van der Waals surface area contributed by atoms with Crippen molar-refractivity contribution in [2.24, 2.45) is 17.3 Å². The lowest BCUT2D eigenvalue weighted by Gasteiger charge is -2.35. The van der Waals surface area contributed by atoms with E-state index in [1.54, 1.807) is 4.90 Å². The fraction of sp³-hybridized carbons (Fsp3) is 0.607. The van der Waals surface area contributed by atoms with Crippen molar-refractivity contribution in [1.82, 2.24) is 25.4 Å². The number of H-pyrrole nitrogens is 1. The van der Waals surface area contributed by atoms with Crippen LogP contribution in [0, 0.1) is 17.3 Å². The molecule has 0 bridgehead atoms. The molecule has 1 aromatic carbocycles. The molecule has 3 N–H and O–H groups in total. The van der Waals surface area contributed by atoms with Crippen LogP contribution in [0.1, 0.15) is 46.1 Å². The lowest BCUT2D eigenvalue weighted by molar-refractivity contribution is -0.139. The minimum absolute atomic E-state index is 0.0138. The molecule has 8 nitrogen and oxygen atoms in total. The number of carbonyl (C=O) groups excluding carboxylic acids is 3. The summed E-state index contributed by atoms with van der Waals surface area (Å²) in [7, 11) is 4.07. The van der Waals surface area contributed by atoms with Crippen LogP contribution in [0.2, 0.25) is 0 Å². The number of piperidine rings is 1. The van der Waals surface area contributed by atoms with Gasteiger partial charge in [0.05, 0.1) is 0 Å². The van der Waals surface area contributed by atoms with Crippen molar-refractivity contribution in [1.29, 1.82) is 0 Å². The number of benzene rings is 1. The molecule has 1 saturated heterocycles. The van der Waals surface area contributed by atoms with Gasteiger partial charge in [0.2, 0.25) is 17.7 Å². The molecule has 2 heterocycles. The standard InChI is InChI=1S/C28H43N5O3/c1-19(2)25(34)31-24(15-21-16-29-23-10-8-7-9-22(21)23)27(36)33-13-11-20(12-14-33)26(35)30-17-28(3,4)18-32(5)6/h7-10,16,19-20,24,29H,11-15,17-18H2,1-6H3,(H,30,35)(H,31,34). The first kappa shape index (κ1) is 27.7. The van der Waals surface area contributed by atoms with Crippen molar-refractivity contribution < 1.29 is 14.4 Å². The number of fused-ring (bicyclic) bond motifs is 1. The van der Waals surface area contributed by atoms with E-state index in [9.17, 15) is 14.4 Å². The second-order valence-corrected chi connectivity index (χ2v) is 11.5. The maximum Gasteiger partial charge on any atom is 0.245 e. The Morgan fingerprint density at radius 2 is 1.81 bits per heavy atom. The molecule has 1 aromatic heterocycles. The molecule has 0 spiro atoms. The maximum absolute atomic E-state index is 13.6. The highest BCUT2D eigenvalue weighted by Crippen LogP contribution is 2.23. The number of aromatic amines is 1. The molecule has 2 aromatic rings. The number of hydrogen-bond acceptors (Lipinski definition) is 4. The summed E-state index contributed by atoms with van der Waals surface area (Å²) in [5.74, 6) is -0.462. The number of para-hydroxylation sites is 1. The fourth-order valence-corrected chi connectivity index (χ4v) is 5.02. The first-order valence-corrected chi connectivity index (χ1v) is 13.0. The van der Waals surface area contributed by atoms with Crippen molar-refractivity contribution in [2.75, 3.05) is 40.3 Å². The van der Waals surface area contributed by atoms with E-state index < -0.39 is 6.04 Å². The molecule has 198 valence electrons. The lowest BCUT2D eigenvalue weighted by Crippen LogP contribution is -2.53. The van der Waals surface area contributed by atoms with Gasteiger partial charge < -0.3 is 25.4 Å². The Bertz CT molecular complexity index is 1050. The fourth-order valence-electron chi connectivity index (χ4n) is 5.02. The van der Waals surface area contributed by atoms with Gasteiger partial charge in [0.1, 0.15) is 6.04 Å². The summed E-state index contributed by atoms with van der Waals surface area (Å²) in [6.45, 7) is 10.5. The van der Waals surface area contributed by atoms with Gasteiger partial charge in [0.15, 0.2) is 0 Å². The molecule has 1 fully saturated rings. The van der Waals surface area contributed by atoms with Gasteiger partial charge in [0, 0.05) is 61.5 Å². The number of aromatic nitrogens is 1. The number of carbonyl (C=O) groups is 3. The van der Waals surface area contributed by atoms with Gasteiger partial charge in [-0.15, -0.1) is 0 Å². The van der Waals surface area contributed by atoms with Gasteiger partial charge in [-0.05, 0) is 44.0 Å². The van der Waals surface area contributed by atoms with E-state index in [2.05, 4.69) is 34.4 Å². The van der Waals surface area contributed by atoms with E-state index in [-0.39, 0.29) is 35.0 Å². The normalized spacial score (nSPS) is 15.9. The van der Waals surface area contributed by atoms with Crippen molar-refractivity contribution in [3.63, 3.8) is 0 Å². The van der Waals surface area contributed by atoms with E-state index >= 15 is 0 Å². The first-order chi connectivity index (χ1) is 17.0. The van der Waals surface area contributed by atoms with E-state index in [1.165, 1.54) is 0 Å². The Hall–Kier alpha value is -2.87. The monoisotopic (exact) mass is 497 g/mol. The second-order valence-electron chi connectivity index (χ2n) is 11.5. The quantitative estimate of drug-likeness (QED) is 0.470. The summed E-state index contributed by atoms with van der Waals surface area (Å²) in [6.07, 6.45) is 3.59. The van der Waals surface area contributed by atoms with Crippen LogP contribution in [-0.4, -0.2) is 78.8 Å². The second kappa shape index (κ2) is 11.9. The third-order valence-corrected chi connectivity index (χ3v) is 6.90. The molecule has 3 amide bonds. The van der Waals surface area contributed by atoms with Gasteiger partial charge >= 0.3 is 0 Å². The highest BCUT2D eigenvalue weighted by Gasteiger charge is 2.33. The number of nitrogens with one attached hydrogen (secondary N) is 3. The highest BCUT2D eigenvalue weighted by molar-refractivity contribution is 5.90. The SMILES string of the molecule is CC(C)C(=O)NC(Cc1c[nH]c2ccccc12)C(=O)N1CCC(C(=O)NCC(C)(C)CN(C)C)CC1. The summed E-state index contributed by atoms with van der Waals surface area (Å²) >= 11 is 0. The van der Waals surface area contributed by atoms with Crippen molar-refractivity contribution in [3.8, 4) is 0 Å². The third-order valence-electron chi connectivity index (χ3n) is 6.90. The van der Waals surface area contributed by atoms with Gasteiger partial charge in [0.25, 0.3) is 0 Å².